The molecule has 0 spiro atoms. The van der Waals surface area contributed by atoms with Crippen LogP contribution in [0.25, 0.3) is 0 Å². The topological polar surface area (TPSA) is 71.1 Å². The van der Waals surface area contributed by atoms with Crippen LogP contribution in [0.15, 0.2) is 0 Å². The summed E-state index contributed by atoms with van der Waals surface area (Å²) in [6, 6.07) is 0. The van der Waals surface area contributed by atoms with Crippen LogP contribution in [-0.4, -0.2) is 44.2 Å². The third kappa shape index (κ3) is 2.45. The normalized spacial score (nSPS) is 28.5. The second-order valence-corrected chi connectivity index (χ2v) is 3.52. The molecule has 86 valence electrons. The van der Waals surface area contributed by atoms with E-state index >= 15 is 0 Å². The maximum atomic E-state index is 11.3. The summed E-state index contributed by atoms with van der Waals surface area (Å²) in [7, 11) is 2.43. The lowest BCUT2D eigenvalue weighted by Crippen LogP contribution is -2.38. The number of carbonyl (C=O) groups excluding carboxylic acids is 2. The summed E-state index contributed by atoms with van der Waals surface area (Å²) in [6.45, 7) is 3.21. The van der Waals surface area contributed by atoms with E-state index in [1.165, 1.54) is 14.2 Å². The van der Waals surface area contributed by atoms with E-state index in [0.717, 1.165) is 0 Å². The van der Waals surface area contributed by atoms with Crippen LogP contribution in [0.4, 0.5) is 0 Å². The van der Waals surface area contributed by atoms with E-state index in [4.69, 9.17) is 9.47 Å². The molecule has 2 atom stereocenters. The molecule has 0 aromatic rings. The molecule has 0 saturated carbocycles. The Labute approximate surface area is 87.4 Å². The molecule has 15 heavy (non-hydrogen) atoms. The number of ether oxygens (including phenoxy) is 4. The second-order valence-electron chi connectivity index (χ2n) is 3.52. The molecule has 0 N–H and O–H groups in total. The first-order valence-corrected chi connectivity index (χ1v) is 4.42. The van der Waals surface area contributed by atoms with Crippen molar-refractivity contribution in [2.45, 2.75) is 31.8 Å². The minimum absolute atomic E-state index is 0.657. The Morgan fingerprint density at radius 2 is 1.33 bits per heavy atom. The van der Waals surface area contributed by atoms with Crippen LogP contribution < -0.4 is 0 Å². The monoisotopic (exact) mass is 218 g/mol. The molecule has 0 amide bonds. The quantitative estimate of drug-likeness (QED) is 0.600. The molecule has 6 heteroatoms. The molecule has 1 fully saturated rings. The number of rotatable bonds is 2. The molecule has 0 unspecified atom stereocenters. The molecule has 0 aromatic heterocycles. The molecule has 1 aliphatic rings. The molecule has 6 nitrogen and oxygen atoms in total. The number of carbonyl (C=O) groups is 2. The van der Waals surface area contributed by atoms with Crippen molar-refractivity contribution >= 4 is 11.9 Å². The van der Waals surface area contributed by atoms with Crippen LogP contribution in [0.3, 0.4) is 0 Å². The van der Waals surface area contributed by atoms with Crippen LogP contribution in [0.1, 0.15) is 13.8 Å². The highest BCUT2D eigenvalue weighted by Crippen LogP contribution is 2.29. The van der Waals surface area contributed by atoms with E-state index in [-0.39, 0.29) is 0 Å². The molecule has 1 heterocycles. The van der Waals surface area contributed by atoms with Gasteiger partial charge in [0.05, 0.1) is 14.2 Å². The lowest BCUT2D eigenvalue weighted by molar-refractivity contribution is -0.171. The van der Waals surface area contributed by atoms with Gasteiger partial charge in [-0.05, 0) is 13.8 Å². The minimum atomic E-state index is -1.07. The molecule has 1 aliphatic heterocycles. The van der Waals surface area contributed by atoms with Gasteiger partial charge in [0.1, 0.15) is 0 Å². The fourth-order valence-corrected chi connectivity index (χ4v) is 1.34. The van der Waals surface area contributed by atoms with Gasteiger partial charge in [0, 0.05) is 0 Å². The van der Waals surface area contributed by atoms with E-state index in [9.17, 15) is 9.59 Å². The average Bonchev–Trinajstić information content (AvgIpc) is 2.52. The van der Waals surface area contributed by atoms with Crippen molar-refractivity contribution in [3.05, 3.63) is 0 Å². The Morgan fingerprint density at radius 1 is 1.00 bits per heavy atom. The standard InChI is InChI=1S/C9H14O6/c1-9(2)14-5(7(10)12-3)6(15-9)8(11)13-4/h5-6H,1-4H3/t5-,6-/m1/s1. The van der Waals surface area contributed by atoms with Crippen LogP contribution in [0.2, 0.25) is 0 Å². The van der Waals surface area contributed by atoms with E-state index < -0.39 is 29.9 Å². The first-order valence-electron chi connectivity index (χ1n) is 4.42. The fourth-order valence-electron chi connectivity index (χ4n) is 1.34. The van der Waals surface area contributed by atoms with Crippen molar-refractivity contribution in [3.63, 3.8) is 0 Å². The Morgan fingerprint density at radius 3 is 1.60 bits per heavy atom. The zero-order valence-electron chi connectivity index (χ0n) is 9.10. The molecule has 1 saturated heterocycles. The van der Waals surface area contributed by atoms with Crippen LogP contribution in [0.5, 0.6) is 0 Å². The molecule has 0 aromatic carbocycles. The Bertz CT molecular complexity index is 246. The molecule has 0 radical (unpaired) electrons. The van der Waals surface area contributed by atoms with Gasteiger partial charge in [0.15, 0.2) is 18.0 Å². The number of hydrogen-bond donors (Lipinski definition) is 0. The van der Waals surface area contributed by atoms with Crippen molar-refractivity contribution in [2.75, 3.05) is 14.2 Å². The van der Waals surface area contributed by atoms with Gasteiger partial charge >= 0.3 is 11.9 Å². The predicted molar refractivity (Wildman–Crippen MR) is 47.9 cm³/mol. The van der Waals surface area contributed by atoms with Gasteiger partial charge in [0.2, 0.25) is 0 Å². The van der Waals surface area contributed by atoms with Crippen LogP contribution in [-0.2, 0) is 28.5 Å². The van der Waals surface area contributed by atoms with Crippen LogP contribution in [0, 0.1) is 0 Å². The highest BCUT2D eigenvalue weighted by Gasteiger charge is 2.50. The first kappa shape index (κ1) is 11.9. The van der Waals surface area contributed by atoms with Gasteiger partial charge in [-0.15, -0.1) is 0 Å². The third-order valence-corrected chi connectivity index (χ3v) is 1.96. The summed E-state index contributed by atoms with van der Waals surface area (Å²) in [5.41, 5.74) is 0. The summed E-state index contributed by atoms with van der Waals surface area (Å²) in [6.07, 6.45) is -2.14. The Balaban J connectivity index is 2.83. The van der Waals surface area contributed by atoms with E-state index in [1.54, 1.807) is 13.8 Å². The van der Waals surface area contributed by atoms with Gasteiger partial charge < -0.3 is 18.9 Å². The van der Waals surface area contributed by atoms with Gasteiger partial charge in [-0.1, -0.05) is 0 Å². The summed E-state index contributed by atoms with van der Waals surface area (Å²) in [4.78, 5) is 22.6. The van der Waals surface area contributed by atoms with Gasteiger partial charge in [0.25, 0.3) is 0 Å². The summed E-state index contributed by atoms with van der Waals surface area (Å²) in [5, 5.41) is 0. The number of hydrogen-bond acceptors (Lipinski definition) is 6. The number of methoxy groups -OCH3 is 2. The molecular formula is C9H14O6. The summed E-state index contributed by atoms with van der Waals surface area (Å²) in [5.74, 6) is -2.32. The maximum Gasteiger partial charge on any atom is 0.338 e. The van der Waals surface area contributed by atoms with Crippen molar-refractivity contribution in [1.82, 2.24) is 0 Å². The highest BCUT2D eigenvalue weighted by atomic mass is 16.8. The fraction of sp³-hybridized carbons (Fsp3) is 0.778. The lowest BCUT2D eigenvalue weighted by atomic mass is 10.2. The third-order valence-electron chi connectivity index (χ3n) is 1.96. The summed E-state index contributed by atoms with van der Waals surface area (Å²) >= 11 is 0. The molecular weight excluding hydrogens is 204 g/mol. The van der Waals surface area contributed by atoms with E-state index in [1.807, 2.05) is 0 Å². The smallest absolute Gasteiger partial charge is 0.338 e. The van der Waals surface area contributed by atoms with E-state index in [2.05, 4.69) is 9.47 Å². The van der Waals surface area contributed by atoms with Crippen molar-refractivity contribution in [2.24, 2.45) is 0 Å². The number of esters is 2. The van der Waals surface area contributed by atoms with Crippen molar-refractivity contribution < 1.29 is 28.5 Å². The Kier molecular flexibility index (Phi) is 3.31. The Hall–Kier alpha value is -1.14. The molecule has 1 rings (SSSR count). The average molecular weight is 218 g/mol. The SMILES string of the molecule is COC(=O)[C@@H]1OC(C)(C)O[C@H]1C(=O)OC. The minimum Gasteiger partial charge on any atom is -0.467 e. The zero-order chi connectivity index (χ0) is 11.6. The lowest BCUT2D eigenvalue weighted by Gasteiger charge is -2.15. The van der Waals surface area contributed by atoms with Gasteiger partial charge in [-0.25, -0.2) is 9.59 Å². The largest absolute Gasteiger partial charge is 0.467 e. The predicted octanol–water partition coefficient (Wildman–Crippen LogP) is -0.148. The molecule has 0 bridgehead atoms. The highest BCUT2D eigenvalue weighted by molar-refractivity contribution is 5.86. The van der Waals surface area contributed by atoms with E-state index in [0.29, 0.717) is 0 Å². The van der Waals surface area contributed by atoms with Gasteiger partial charge in [-0.3, -0.25) is 0 Å². The van der Waals surface area contributed by atoms with Crippen LogP contribution >= 0.6 is 0 Å². The summed E-state index contributed by atoms with van der Waals surface area (Å²) < 4.78 is 19.5. The zero-order valence-corrected chi connectivity index (χ0v) is 9.10. The van der Waals surface area contributed by atoms with Crippen molar-refractivity contribution in [3.8, 4) is 0 Å². The maximum absolute atomic E-state index is 11.3. The van der Waals surface area contributed by atoms with Gasteiger partial charge in [-0.2, -0.15) is 0 Å². The second kappa shape index (κ2) is 4.16. The van der Waals surface area contributed by atoms with Crippen molar-refractivity contribution in [1.29, 1.82) is 0 Å². The first-order chi connectivity index (χ1) is 6.91. The molecule has 0 aliphatic carbocycles.